The molecule has 40 heteroatoms. The van der Waals surface area contributed by atoms with E-state index in [1.54, 1.807) is 7.05 Å². The Morgan fingerprint density at radius 3 is 1.91 bits per heavy atom. The molecule has 9 aliphatic heterocycles. The lowest BCUT2D eigenvalue weighted by molar-refractivity contribution is -0.277. The van der Waals surface area contributed by atoms with Gasteiger partial charge in [-0.25, -0.2) is 4.79 Å². The van der Waals surface area contributed by atoms with Crippen molar-refractivity contribution in [3.63, 3.8) is 0 Å². The van der Waals surface area contributed by atoms with Crippen LogP contribution in [0.15, 0.2) is 115 Å². The Morgan fingerprint density at radius 1 is 0.562 bits per heavy atom. The fourth-order valence-electron chi connectivity index (χ4n) is 16.3. The zero-order valence-electron chi connectivity index (χ0n) is 69.6. The third kappa shape index (κ3) is 19.9. The number of aromatic hydroxyl groups is 4. The molecule has 0 unspecified atom stereocenters. The maximum atomic E-state index is 16.9. The zero-order valence-corrected chi connectivity index (χ0v) is 71.2. The largest absolute Gasteiger partial charge is 0.508 e. The van der Waals surface area contributed by atoms with Crippen molar-refractivity contribution in [1.29, 1.82) is 0 Å². The van der Waals surface area contributed by atoms with Crippen LogP contribution < -0.4 is 66.2 Å². The first-order valence-electron chi connectivity index (χ1n) is 41.5. The maximum Gasteiger partial charge on any atom is 0.337 e. The lowest BCUT2D eigenvalue weighted by Gasteiger charge is -2.41. The summed E-state index contributed by atoms with van der Waals surface area (Å²) in [5.74, 6) is -16.3. The second kappa shape index (κ2) is 39.4. The number of methoxy groups -OCH3 is 1. The number of ether oxygens (including phenoxy) is 8. The second-order valence-corrected chi connectivity index (χ2v) is 33.5. The molecule has 9 heterocycles. The Labute approximate surface area is 741 Å². The van der Waals surface area contributed by atoms with Crippen LogP contribution in [0.4, 0.5) is 0 Å². The first-order valence-corrected chi connectivity index (χ1v) is 42.3. The van der Waals surface area contributed by atoms with Crippen molar-refractivity contribution >= 4 is 76.4 Å². The summed E-state index contributed by atoms with van der Waals surface area (Å²) in [6.45, 7) is 3.88. The van der Waals surface area contributed by atoms with Gasteiger partial charge in [-0.05, 0) is 133 Å². The monoisotopic (exact) mass is 1810 g/mol. The van der Waals surface area contributed by atoms with Gasteiger partial charge in [0.15, 0.2) is 29.1 Å². The van der Waals surface area contributed by atoms with E-state index in [-0.39, 0.29) is 61.0 Å². The van der Waals surface area contributed by atoms with Crippen molar-refractivity contribution in [2.24, 2.45) is 5.92 Å². The number of unbranched alkanes of at least 4 members (excludes halogenated alkanes) is 4. The Hall–Kier alpha value is -11.9. The molecule has 0 radical (unpaired) electrons. The van der Waals surface area contributed by atoms with Crippen LogP contribution in [0.25, 0.3) is 11.1 Å². The van der Waals surface area contributed by atoms with Gasteiger partial charge in [-0.2, -0.15) is 0 Å². The number of fused-ring (bicyclic) bond motifs is 14. The number of rotatable bonds is 17. The number of aliphatic hydroxyl groups excluding tert-OH is 7. The van der Waals surface area contributed by atoms with Gasteiger partial charge >= 0.3 is 5.97 Å². The minimum absolute atomic E-state index is 0.0197. The minimum atomic E-state index is -2.43. The Balaban J connectivity index is 1.00. The Kier molecular flexibility index (Phi) is 28.4. The average Bonchev–Trinajstić information content (AvgIpc) is 0.763. The smallest absolute Gasteiger partial charge is 0.337 e. The summed E-state index contributed by atoms with van der Waals surface area (Å²) < 4.78 is 50.0. The van der Waals surface area contributed by atoms with E-state index in [0.717, 1.165) is 99.5 Å². The molecule has 9 aliphatic rings. The number of likely N-dealkylation sites (N-methyl/N-ethyl adjacent to an activating group) is 2. The zero-order chi connectivity index (χ0) is 91.5. The van der Waals surface area contributed by atoms with Crippen LogP contribution in [-0.4, -0.2) is 247 Å². The molecule has 19 N–H and O–H groups in total. The summed E-state index contributed by atoms with van der Waals surface area (Å²) in [6, 6.07) is 6.30. The molecule has 7 aromatic carbocycles. The van der Waals surface area contributed by atoms with Crippen molar-refractivity contribution in [3.05, 3.63) is 164 Å². The molecule has 0 saturated carbocycles. The van der Waals surface area contributed by atoms with Gasteiger partial charge in [-0.3, -0.25) is 38.4 Å². The molecule has 16 rings (SSSR count). The van der Waals surface area contributed by atoms with Crippen molar-refractivity contribution in [2.45, 2.75) is 175 Å². The molecular formula is C88H98Cl2N10O28. The minimum Gasteiger partial charge on any atom is -0.508 e. The number of hydrogen-bond donors (Lipinski definition) is 19. The summed E-state index contributed by atoms with van der Waals surface area (Å²) in [5.41, 5.74) is -2.46. The number of aliphatic hydroxyl groups is 7. The van der Waals surface area contributed by atoms with Crippen molar-refractivity contribution in [3.8, 4) is 80.1 Å². The molecule has 8 amide bonds. The van der Waals surface area contributed by atoms with E-state index in [1.165, 1.54) is 60.5 Å². The molecule has 3 saturated heterocycles. The molecule has 0 aromatic heterocycles. The first-order chi connectivity index (χ1) is 61.2. The summed E-state index contributed by atoms with van der Waals surface area (Å²) in [7, 11) is 4.20. The Bertz CT molecular complexity index is 5390. The molecule has 18 atom stereocenters. The van der Waals surface area contributed by atoms with Crippen LogP contribution in [0, 0.1) is 5.92 Å². The van der Waals surface area contributed by atoms with Crippen molar-refractivity contribution in [2.75, 3.05) is 54.0 Å². The van der Waals surface area contributed by atoms with Crippen LogP contribution in [0.2, 0.25) is 10.0 Å². The number of halogens is 2. The van der Waals surface area contributed by atoms with E-state index < -0.39 is 271 Å². The molecule has 682 valence electrons. The van der Waals surface area contributed by atoms with Crippen LogP contribution in [0.3, 0.4) is 0 Å². The summed E-state index contributed by atoms with van der Waals surface area (Å²) in [5, 5.41) is 149. The number of piperazine rings is 1. The standard InChI is InChI=1S/C88H98Cl2N10O28/c1-38(2)11-9-7-6-8-10-12-61(106)93-70-73(109)75(111)78(86(120)121-5)128-87(70)127-77-58-31-43-32-59(77)124-55-22-17-42(29-50(55)89)71(107)69-84(118)97-68(85(119)100-25-23-99(4)24-26-100)48-33-44(102)34-57(125-88-76(112)74(110)72(108)60(37-101)126-88)62(48)47-28-40(15-20-52(47)103)65(81(115)98-69)94-82(116)66(43)95-83(117)67-49-35-46(36-54(105)63(49)90)123-56-30-41(16-21-53(56)104)64(91-3)80(114)92-51(79(113)96-67)27-39-13-18-45(122-58)19-14-39/h13-22,28-36,38,51,60,64-76,78,87-88,91,101-105,107-112H,6-12,23-27,37H2,1-5H3,(H,92,114)(H,93,106)(H,94,116)(H,95,117)(H,96,113)(H,97,118)(H,98,115)/t51-,60-,64-,65-,66-,67+,68-,69+,70-,71-,72-,73-,74+,75+,76+,78+,87-,88+/m1/s1. The molecule has 0 aliphatic carbocycles. The van der Waals surface area contributed by atoms with Gasteiger partial charge in [0.25, 0.3) is 0 Å². The van der Waals surface area contributed by atoms with E-state index in [9.17, 15) is 70.6 Å². The quantitative estimate of drug-likeness (QED) is 0.0457. The van der Waals surface area contributed by atoms with Crippen LogP contribution in [-0.2, 0) is 63.8 Å². The molecule has 38 nitrogen and oxygen atoms in total. The molecular weight excluding hydrogens is 1720 g/mol. The maximum absolute atomic E-state index is 16.9. The van der Waals surface area contributed by atoms with Gasteiger partial charge in [0.1, 0.15) is 131 Å². The summed E-state index contributed by atoms with van der Waals surface area (Å²) in [4.78, 5) is 143. The number of carbonyl (C=O) groups is 9. The third-order valence-corrected chi connectivity index (χ3v) is 24.1. The lowest BCUT2D eigenvalue weighted by atomic mass is 9.89. The average molecular weight is 1810 g/mol. The fraction of sp³-hybridized carbons (Fsp3) is 0.420. The fourth-order valence-corrected chi connectivity index (χ4v) is 16.8. The van der Waals surface area contributed by atoms with E-state index >= 15 is 28.8 Å². The van der Waals surface area contributed by atoms with Crippen LogP contribution >= 0.6 is 23.2 Å². The number of hydrogen-bond acceptors (Lipinski definition) is 30. The number of esters is 1. The highest BCUT2D eigenvalue weighted by atomic mass is 35.5. The Morgan fingerprint density at radius 2 is 1.21 bits per heavy atom. The number of phenolic OH excluding ortho intramolecular Hbond substituents is 4. The number of carbonyl (C=O) groups excluding carboxylic acids is 9. The summed E-state index contributed by atoms with van der Waals surface area (Å²) in [6.07, 6.45) is -16.5. The molecule has 128 heavy (non-hydrogen) atoms. The first kappa shape index (κ1) is 92.3. The van der Waals surface area contributed by atoms with Crippen LogP contribution in [0.1, 0.15) is 134 Å². The van der Waals surface area contributed by atoms with Gasteiger partial charge in [0.05, 0.1) is 23.8 Å². The SMILES string of the molecule is CN[C@H]1C(=O)N[C@@H]2Cc3ccc(cc3)Oc3cc4cc(c3O[C@@H]3O[C@H](C(=O)OC)[C@@H](O)[C@H](O)[C@H]3NC(=O)CCCCCCCC(C)C)Oc3ccc(cc3Cl)[C@@H](O)[C@@H]3NC(=O)[C@H](NC(=O)[C@@H]4NC(=O)[C@@H](NC2=O)c2cc(cc(O)c2Cl)Oc2cc1ccc2O)c1ccc(O)c(c1)-c1c(O[C@H]2O[C@H](CO)[C@@H](O)[C@H](O)[C@@H]2O)cc(O)cc1[C@H](C(=O)N1CCN(C)CC1)NC3=O. The molecule has 17 bridgehead atoms. The predicted octanol–water partition coefficient (Wildman–Crippen LogP) is 3.57. The highest BCUT2D eigenvalue weighted by Gasteiger charge is 2.52. The highest BCUT2D eigenvalue weighted by molar-refractivity contribution is 6.33. The number of nitrogens with zero attached hydrogens (tertiary/aromatic N) is 2. The normalized spacial score (nSPS) is 26.7. The van der Waals surface area contributed by atoms with Gasteiger partial charge in [0.2, 0.25) is 65.6 Å². The topological polar surface area (TPSA) is 553 Å². The van der Waals surface area contributed by atoms with E-state index in [1.807, 2.05) is 4.90 Å². The van der Waals surface area contributed by atoms with E-state index in [0.29, 0.717) is 24.3 Å². The number of benzene rings is 7. The van der Waals surface area contributed by atoms with E-state index in [2.05, 4.69) is 56.4 Å². The number of nitrogens with one attached hydrogen (secondary N) is 8. The van der Waals surface area contributed by atoms with Gasteiger partial charge in [-0.1, -0.05) is 99.5 Å². The van der Waals surface area contributed by atoms with Crippen LogP contribution in [0.5, 0.6) is 69.0 Å². The molecule has 7 aromatic rings. The lowest BCUT2D eigenvalue weighted by Crippen LogP contribution is -2.66. The highest BCUT2D eigenvalue weighted by Crippen LogP contribution is 2.51. The third-order valence-electron chi connectivity index (χ3n) is 23.4. The van der Waals surface area contributed by atoms with Crippen molar-refractivity contribution < 1.29 is 137 Å². The van der Waals surface area contributed by atoms with E-state index in [4.69, 9.17) is 61.1 Å². The second-order valence-electron chi connectivity index (χ2n) is 32.7. The van der Waals surface area contributed by atoms with Gasteiger partial charge < -0.3 is 146 Å². The number of phenols is 4. The summed E-state index contributed by atoms with van der Waals surface area (Å²) >= 11 is 14.4. The van der Waals surface area contributed by atoms with Crippen molar-refractivity contribution in [1.82, 2.24) is 52.3 Å². The molecule has 0 spiro atoms. The van der Waals surface area contributed by atoms with Gasteiger partial charge in [-0.15, -0.1) is 0 Å². The molecule has 3 fully saturated rings. The van der Waals surface area contributed by atoms with Gasteiger partial charge in [0, 0.05) is 67.8 Å². The predicted molar refractivity (Wildman–Crippen MR) is 450 cm³/mol. The number of amides is 8.